The number of nitrogens with zero attached hydrogens (tertiary/aromatic N) is 2. The van der Waals surface area contributed by atoms with Crippen LogP contribution in [-0.2, 0) is 0 Å². The van der Waals surface area contributed by atoms with Crippen molar-refractivity contribution < 1.29 is 9.18 Å². The maximum Gasteiger partial charge on any atom is 0.319 e. The average molecular weight is 473 g/mol. The van der Waals surface area contributed by atoms with Crippen molar-refractivity contribution >= 4 is 22.6 Å². The number of aromatic nitrogens is 2. The molecule has 0 bridgehead atoms. The van der Waals surface area contributed by atoms with Gasteiger partial charge in [0.05, 0.1) is 17.4 Å². The molecule has 0 aliphatic carbocycles. The molecule has 5 nitrogen and oxygen atoms in total. The summed E-state index contributed by atoms with van der Waals surface area (Å²) in [6.45, 7) is 9.40. The number of carbonyl (C=O) groups is 1. The van der Waals surface area contributed by atoms with Gasteiger partial charge in [-0.05, 0) is 77.8 Å². The third kappa shape index (κ3) is 5.88. The van der Waals surface area contributed by atoms with Crippen LogP contribution in [0.5, 0.6) is 0 Å². The van der Waals surface area contributed by atoms with Crippen LogP contribution in [0.2, 0.25) is 0 Å². The molecule has 2 amide bonds. The summed E-state index contributed by atoms with van der Waals surface area (Å²) in [6.07, 6.45) is 2.85. The van der Waals surface area contributed by atoms with Crippen molar-refractivity contribution in [2.45, 2.75) is 40.0 Å². The minimum atomic E-state index is -0.266. The van der Waals surface area contributed by atoms with Crippen LogP contribution in [0.15, 0.2) is 79.0 Å². The summed E-state index contributed by atoms with van der Waals surface area (Å²) >= 11 is 0. The molecule has 3 aromatic carbocycles. The summed E-state index contributed by atoms with van der Waals surface area (Å²) in [5, 5.41) is 11.5. The number of nitrogens with one attached hydrogen (secondary N) is 2. The normalized spacial score (nSPS) is 12.6. The molecule has 0 saturated heterocycles. The molecule has 182 valence electrons. The molecule has 2 N–H and O–H groups in total. The van der Waals surface area contributed by atoms with Crippen molar-refractivity contribution in [1.29, 1.82) is 0 Å². The van der Waals surface area contributed by atoms with E-state index in [0.29, 0.717) is 12.5 Å². The molecule has 0 saturated carbocycles. The number of amides is 2. The first kappa shape index (κ1) is 24.5. The van der Waals surface area contributed by atoms with E-state index in [1.54, 1.807) is 12.1 Å². The van der Waals surface area contributed by atoms with Crippen molar-refractivity contribution in [3.05, 3.63) is 90.4 Å². The van der Waals surface area contributed by atoms with E-state index in [-0.39, 0.29) is 23.2 Å². The molecule has 1 aromatic heterocycles. The lowest BCUT2D eigenvalue weighted by Gasteiger charge is -2.36. The summed E-state index contributed by atoms with van der Waals surface area (Å²) in [4.78, 5) is 12.5. The predicted octanol–water partition coefficient (Wildman–Crippen LogP) is 7.14. The highest BCUT2D eigenvalue weighted by Crippen LogP contribution is 2.41. The zero-order valence-corrected chi connectivity index (χ0v) is 20.8. The molecule has 0 aliphatic heterocycles. The van der Waals surface area contributed by atoms with Crippen LogP contribution < -0.4 is 10.6 Å². The van der Waals surface area contributed by atoms with Gasteiger partial charge in [0.25, 0.3) is 0 Å². The van der Waals surface area contributed by atoms with Gasteiger partial charge in [0.1, 0.15) is 5.82 Å². The molecule has 0 spiro atoms. The first-order valence-corrected chi connectivity index (χ1v) is 12.1. The van der Waals surface area contributed by atoms with E-state index in [1.165, 1.54) is 17.7 Å². The predicted molar refractivity (Wildman–Crippen MR) is 140 cm³/mol. The molecule has 1 atom stereocenters. The van der Waals surface area contributed by atoms with Crippen LogP contribution in [-0.4, -0.2) is 22.4 Å². The quantitative estimate of drug-likeness (QED) is 0.286. The number of hydrogen-bond donors (Lipinski definition) is 2. The van der Waals surface area contributed by atoms with Gasteiger partial charge >= 0.3 is 6.03 Å². The summed E-state index contributed by atoms with van der Waals surface area (Å²) in [7, 11) is 0. The molecule has 6 heteroatoms. The smallest absolute Gasteiger partial charge is 0.319 e. The zero-order chi connectivity index (χ0) is 25.0. The van der Waals surface area contributed by atoms with E-state index < -0.39 is 0 Å². The van der Waals surface area contributed by atoms with E-state index in [2.05, 4.69) is 61.6 Å². The second-order valence-corrected chi connectivity index (χ2v) is 10.2. The van der Waals surface area contributed by atoms with Gasteiger partial charge in [0.2, 0.25) is 0 Å². The van der Waals surface area contributed by atoms with Crippen molar-refractivity contribution in [3.63, 3.8) is 0 Å². The Morgan fingerprint density at radius 3 is 2.43 bits per heavy atom. The Kier molecular flexibility index (Phi) is 7.20. The van der Waals surface area contributed by atoms with E-state index in [9.17, 15) is 9.18 Å². The molecule has 0 aliphatic rings. The molecule has 1 heterocycles. The number of rotatable bonds is 8. The topological polar surface area (TPSA) is 59.0 Å². The number of carbonyl (C=O) groups excluding carboxylic acids is 1. The van der Waals surface area contributed by atoms with Gasteiger partial charge in [-0.1, -0.05) is 52.0 Å². The van der Waals surface area contributed by atoms with Gasteiger partial charge in [0.15, 0.2) is 0 Å². The van der Waals surface area contributed by atoms with Gasteiger partial charge in [-0.15, -0.1) is 0 Å². The van der Waals surface area contributed by atoms with Gasteiger partial charge < -0.3 is 10.6 Å². The van der Waals surface area contributed by atoms with Crippen LogP contribution in [0, 0.1) is 17.2 Å². The Morgan fingerprint density at radius 1 is 1.03 bits per heavy atom. The molecule has 0 radical (unpaired) electrons. The number of para-hydroxylation sites is 1. The second-order valence-electron chi connectivity index (χ2n) is 10.2. The first-order chi connectivity index (χ1) is 16.7. The summed E-state index contributed by atoms with van der Waals surface area (Å²) < 4.78 is 15.2. The fourth-order valence-corrected chi connectivity index (χ4v) is 4.56. The standard InChI is InChI=1S/C29H33FN4O/c1-20(2)16-26(29(3,4)19-31-28(35)33-24-8-6-5-7-9-24)21-10-15-27-22(17-21)18-32-34(27)25-13-11-23(30)12-14-25/h5-15,17-18,20,26H,16,19H2,1-4H3,(H2,31,33,35). The highest BCUT2D eigenvalue weighted by molar-refractivity contribution is 5.89. The Bertz CT molecular complexity index is 1280. The number of urea groups is 1. The fourth-order valence-electron chi connectivity index (χ4n) is 4.56. The summed E-state index contributed by atoms with van der Waals surface area (Å²) in [5.74, 6) is 0.463. The number of hydrogen-bond acceptors (Lipinski definition) is 2. The Hall–Kier alpha value is -3.67. The average Bonchev–Trinajstić information content (AvgIpc) is 3.25. The van der Waals surface area contributed by atoms with Crippen LogP contribution in [0.3, 0.4) is 0 Å². The maximum atomic E-state index is 13.4. The van der Waals surface area contributed by atoms with Crippen molar-refractivity contribution in [3.8, 4) is 5.69 Å². The molecule has 0 fully saturated rings. The molecule has 4 rings (SSSR count). The van der Waals surface area contributed by atoms with E-state index in [0.717, 1.165) is 28.7 Å². The van der Waals surface area contributed by atoms with Gasteiger partial charge in [0, 0.05) is 17.6 Å². The fraction of sp³-hybridized carbons (Fsp3) is 0.310. The van der Waals surface area contributed by atoms with Crippen molar-refractivity contribution in [2.75, 3.05) is 11.9 Å². The Morgan fingerprint density at radius 2 is 1.74 bits per heavy atom. The molecule has 1 unspecified atom stereocenters. The van der Waals surface area contributed by atoms with E-state index in [4.69, 9.17) is 0 Å². The molecular weight excluding hydrogens is 439 g/mol. The zero-order valence-electron chi connectivity index (χ0n) is 20.8. The number of halogens is 1. The maximum absolute atomic E-state index is 13.4. The third-order valence-corrected chi connectivity index (χ3v) is 6.45. The van der Waals surface area contributed by atoms with Crippen LogP contribution in [0.1, 0.15) is 45.6 Å². The summed E-state index contributed by atoms with van der Waals surface area (Å²) in [5.41, 5.74) is 3.60. The lowest BCUT2D eigenvalue weighted by molar-refractivity contribution is 0.225. The molecular formula is C29H33FN4O. The van der Waals surface area contributed by atoms with Gasteiger partial charge in [-0.2, -0.15) is 5.10 Å². The molecule has 35 heavy (non-hydrogen) atoms. The largest absolute Gasteiger partial charge is 0.337 e. The van der Waals surface area contributed by atoms with Gasteiger partial charge in [-0.25, -0.2) is 13.9 Å². The Labute approximate surface area is 206 Å². The van der Waals surface area contributed by atoms with E-state index >= 15 is 0 Å². The minimum Gasteiger partial charge on any atom is -0.337 e. The third-order valence-electron chi connectivity index (χ3n) is 6.45. The number of fused-ring (bicyclic) bond motifs is 1. The second kappa shape index (κ2) is 10.3. The SMILES string of the molecule is CC(C)CC(c1ccc2c(cnn2-c2ccc(F)cc2)c1)C(C)(C)CNC(=O)Nc1ccccc1. The van der Waals surface area contributed by atoms with Crippen molar-refractivity contribution in [2.24, 2.45) is 11.3 Å². The van der Waals surface area contributed by atoms with Crippen LogP contribution >= 0.6 is 0 Å². The van der Waals surface area contributed by atoms with E-state index in [1.807, 2.05) is 41.2 Å². The highest BCUT2D eigenvalue weighted by atomic mass is 19.1. The van der Waals surface area contributed by atoms with Crippen LogP contribution in [0.4, 0.5) is 14.9 Å². The Balaban J connectivity index is 1.55. The van der Waals surface area contributed by atoms with Crippen molar-refractivity contribution in [1.82, 2.24) is 15.1 Å². The molecule has 4 aromatic rings. The lowest BCUT2D eigenvalue weighted by Crippen LogP contribution is -2.40. The highest BCUT2D eigenvalue weighted by Gasteiger charge is 2.32. The lowest BCUT2D eigenvalue weighted by atomic mass is 9.71. The monoisotopic (exact) mass is 472 g/mol. The van der Waals surface area contributed by atoms with Crippen LogP contribution in [0.25, 0.3) is 16.6 Å². The summed E-state index contributed by atoms with van der Waals surface area (Å²) in [6, 6.07) is 22.0. The number of anilines is 1. The minimum absolute atomic E-state index is 0.182. The number of benzene rings is 3. The van der Waals surface area contributed by atoms with Gasteiger partial charge in [-0.3, -0.25) is 0 Å². The first-order valence-electron chi connectivity index (χ1n) is 12.1.